The van der Waals surface area contributed by atoms with Crippen molar-refractivity contribution in [3.63, 3.8) is 0 Å². The lowest BCUT2D eigenvalue weighted by molar-refractivity contribution is 0.0949. The van der Waals surface area contributed by atoms with Crippen molar-refractivity contribution >= 4 is 28.4 Å². The zero-order valence-electron chi connectivity index (χ0n) is 15.2. The molecule has 1 aromatic carbocycles. The molecule has 0 radical (unpaired) electrons. The van der Waals surface area contributed by atoms with E-state index in [1.165, 1.54) is 18.4 Å². The number of nitrogens with one attached hydrogen (secondary N) is 2. The summed E-state index contributed by atoms with van der Waals surface area (Å²) in [5, 5.41) is 7.11. The second-order valence-corrected chi connectivity index (χ2v) is 6.79. The van der Waals surface area contributed by atoms with Crippen LogP contribution in [0.25, 0.3) is 11.0 Å². The smallest absolute Gasteiger partial charge is 0.270 e. The third kappa shape index (κ3) is 4.19. The van der Waals surface area contributed by atoms with Gasteiger partial charge >= 0.3 is 0 Å². The van der Waals surface area contributed by atoms with E-state index in [-0.39, 0.29) is 5.91 Å². The van der Waals surface area contributed by atoms with Gasteiger partial charge < -0.3 is 15.1 Å². The molecule has 138 valence electrons. The van der Waals surface area contributed by atoms with Crippen LogP contribution in [0.5, 0.6) is 0 Å². The van der Waals surface area contributed by atoms with Crippen LogP contribution < -0.4 is 10.6 Å². The minimum absolute atomic E-state index is 0.180. The fraction of sp³-hybridized carbons (Fsp3) is 0.273. The topological polar surface area (TPSA) is 67.2 Å². The lowest BCUT2D eigenvalue weighted by Crippen LogP contribution is -2.26. The number of fused-ring (bicyclic) bond motifs is 1. The third-order valence-electron chi connectivity index (χ3n) is 4.84. The number of para-hydroxylation sites is 1. The molecule has 0 saturated carbocycles. The highest BCUT2D eigenvalue weighted by atomic mass is 16.3. The number of benzene rings is 1. The minimum Gasteiger partial charge on any atom is -0.464 e. The van der Waals surface area contributed by atoms with Gasteiger partial charge in [0.15, 0.2) is 0 Å². The first-order chi connectivity index (χ1) is 13.3. The molecule has 4 rings (SSSR count). The van der Waals surface area contributed by atoms with Crippen molar-refractivity contribution in [2.24, 2.45) is 0 Å². The Labute approximate surface area is 158 Å². The van der Waals surface area contributed by atoms with E-state index in [0.29, 0.717) is 23.6 Å². The Hall–Kier alpha value is -3.08. The van der Waals surface area contributed by atoms with E-state index in [4.69, 9.17) is 4.42 Å². The van der Waals surface area contributed by atoms with E-state index in [2.05, 4.69) is 21.7 Å². The maximum absolute atomic E-state index is 12.6. The fourth-order valence-electron chi connectivity index (χ4n) is 3.39. The highest BCUT2D eigenvalue weighted by Gasteiger charge is 2.14. The number of nitrogens with zero attached hydrogens (tertiary/aromatic N) is 1. The number of anilines is 2. The standard InChI is InChI=1S/C22H23N3O2/c26-22(23-13-11-16-7-3-1-4-8-16)19-15-20-18(12-14-27-20)21(25-19)24-17-9-5-2-6-10-17/h2,5-7,9-10,12,14-15H,1,3-4,8,11,13H2,(H,23,26)(H,24,25). The number of pyridine rings is 1. The Morgan fingerprint density at radius 1 is 1.15 bits per heavy atom. The lowest BCUT2D eigenvalue weighted by atomic mass is 9.97. The summed E-state index contributed by atoms with van der Waals surface area (Å²) in [7, 11) is 0. The zero-order valence-corrected chi connectivity index (χ0v) is 15.2. The maximum Gasteiger partial charge on any atom is 0.270 e. The van der Waals surface area contributed by atoms with Gasteiger partial charge in [-0.25, -0.2) is 4.98 Å². The molecule has 27 heavy (non-hydrogen) atoms. The molecule has 0 bridgehead atoms. The summed E-state index contributed by atoms with van der Waals surface area (Å²) in [6, 6.07) is 13.3. The first-order valence-electron chi connectivity index (χ1n) is 9.46. The van der Waals surface area contributed by atoms with Crippen LogP contribution in [0.15, 0.2) is 64.8 Å². The van der Waals surface area contributed by atoms with Crippen LogP contribution in [0.2, 0.25) is 0 Å². The SMILES string of the molecule is O=C(NCCC1=CCCCC1)c1cc2occc2c(Nc2ccccc2)n1. The Bertz CT molecular complexity index is 960. The minimum atomic E-state index is -0.180. The molecule has 0 fully saturated rings. The second-order valence-electron chi connectivity index (χ2n) is 6.79. The number of aromatic nitrogens is 1. The summed E-state index contributed by atoms with van der Waals surface area (Å²) >= 11 is 0. The summed E-state index contributed by atoms with van der Waals surface area (Å²) in [4.78, 5) is 17.1. The first-order valence-corrected chi connectivity index (χ1v) is 9.46. The summed E-state index contributed by atoms with van der Waals surface area (Å²) in [6.45, 7) is 0.629. The third-order valence-corrected chi connectivity index (χ3v) is 4.84. The van der Waals surface area contributed by atoms with Crippen LogP contribution in [0, 0.1) is 0 Å². The van der Waals surface area contributed by atoms with Crippen LogP contribution in [0.1, 0.15) is 42.6 Å². The van der Waals surface area contributed by atoms with Crippen LogP contribution in [-0.4, -0.2) is 17.4 Å². The number of allylic oxidation sites excluding steroid dienone is 1. The van der Waals surface area contributed by atoms with E-state index in [9.17, 15) is 4.79 Å². The van der Waals surface area contributed by atoms with Gasteiger partial charge in [-0.15, -0.1) is 0 Å². The molecule has 0 atom stereocenters. The van der Waals surface area contributed by atoms with Gasteiger partial charge in [0.05, 0.1) is 11.6 Å². The molecule has 5 nitrogen and oxygen atoms in total. The molecule has 2 heterocycles. The van der Waals surface area contributed by atoms with Crippen molar-refractivity contribution in [2.75, 3.05) is 11.9 Å². The van der Waals surface area contributed by atoms with Gasteiger partial charge in [-0.05, 0) is 50.3 Å². The molecule has 1 amide bonds. The maximum atomic E-state index is 12.6. The van der Waals surface area contributed by atoms with E-state index >= 15 is 0 Å². The van der Waals surface area contributed by atoms with Gasteiger partial charge in [-0.3, -0.25) is 4.79 Å². The Balaban J connectivity index is 1.49. The highest BCUT2D eigenvalue weighted by Crippen LogP contribution is 2.26. The van der Waals surface area contributed by atoms with Gasteiger partial charge in [0.1, 0.15) is 17.1 Å². The largest absolute Gasteiger partial charge is 0.464 e. The Morgan fingerprint density at radius 2 is 2.04 bits per heavy atom. The number of hydrogen-bond acceptors (Lipinski definition) is 4. The highest BCUT2D eigenvalue weighted by molar-refractivity contribution is 5.99. The van der Waals surface area contributed by atoms with Gasteiger partial charge in [0.2, 0.25) is 0 Å². The van der Waals surface area contributed by atoms with Crippen molar-refractivity contribution in [3.8, 4) is 0 Å². The molecule has 3 aromatic rings. The van der Waals surface area contributed by atoms with Gasteiger partial charge in [0, 0.05) is 18.3 Å². The molecule has 0 saturated heterocycles. The van der Waals surface area contributed by atoms with Crippen molar-refractivity contribution in [1.82, 2.24) is 10.3 Å². The number of amides is 1. The van der Waals surface area contributed by atoms with Crippen LogP contribution in [0.4, 0.5) is 11.5 Å². The Kier molecular flexibility index (Phi) is 5.19. The molecule has 0 unspecified atom stereocenters. The predicted molar refractivity (Wildman–Crippen MR) is 107 cm³/mol. The van der Waals surface area contributed by atoms with Crippen LogP contribution in [0.3, 0.4) is 0 Å². The normalized spacial score (nSPS) is 14.0. The first kappa shape index (κ1) is 17.3. The van der Waals surface area contributed by atoms with Crippen molar-refractivity contribution < 1.29 is 9.21 Å². The summed E-state index contributed by atoms with van der Waals surface area (Å²) in [5.41, 5.74) is 3.36. The summed E-state index contributed by atoms with van der Waals surface area (Å²) in [6.07, 6.45) is 9.67. The van der Waals surface area contributed by atoms with Gasteiger partial charge in [-0.2, -0.15) is 0 Å². The van der Waals surface area contributed by atoms with E-state index in [1.807, 2.05) is 36.4 Å². The van der Waals surface area contributed by atoms with Crippen molar-refractivity contribution in [3.05, 3.63) is 66.1 Å². The van der Waals surface area contributed by atoms with Crippen molar-refractivity contribution in [2.45, 2.75) is 32.1 Å². The molecule has 0 aliphatic heterocycles. The molecular weight excluding hydrogens is 338 g/mol. The predicted octanol–water partition coefficient (Wildman–Crippen LogP) is 5.19. The number of furan rings is 1. The quantitative estimate of drug-likeness (QED) is 0.593. The van der Waals surface area contributed by atoms with Crippen molar-refractivity contribution in [1.29, 1.82) is 0 Å². The van der Waals surface area contributed by atoms with E-state index in [1.54, 1.807) is 12.3 Å². The van der Waals surface area contributed by atoms with Crippen LogP contribution in [-0.2, 0) is 0 Å². The monoisotopic (exact) mass is 361 g/mol. The number of carbonyl (C=O) groups excluding carboxylic acids is 1. The fourth-order valence-corrected chi connectivity index (χ4v) is 3.39. The lowest BCUT2D eigenvalue weighted by Gasteiger charge is -2.13. The Morgan fingerprint density at radius 3 is 2.85 bits per heavy atom. The molecule has 5 heteroatoms. The molecule has 2 aromatic heterocycles. The summed E-state index contributed by atoms with van der Waals surface area (Å²) in [5.74, 6) is 0.438. The molecular formula is C22H23N3O2. The van der Waals surface area contributed by atoms with E-state index < -0.39 is 0 Å². The second kappa shape index (κ2) is 8.08. The number of rotatable bonds is 6. The van der Waals surface area contributed by atoms with Gasteiger partial charge in [-0.1, -0.05) is 29.8 Å². The average molecular weight is 361 g/mol. The molecule has 1 aliphatic carbocycles. The molecule has 2 N–H and O–H groups in total. The van der Waals surface area contributed by atoms with E-state index in [0.717, 1.165) is 30.3 Å². The molecule has 1 aliphatic rings. The molecule has 0 spiro atoms. The van der Waals surface area contributed by atoms with Crippen LogP contribution >= 0.6 is 0 Å². The number of carbonyl (C=O) groups is 1. The average Bonchev–Trinajstić information content (AvgIpc) is 3.18. The van der Waals surface area contributed by atoms with Gasteiger partial charge in [0.25, 0.3) is 5.91 Å². The number of hydrogen-bond donors (Lipinski definition) is 2. The summed E-state index contributed by atoms with van der Waals surface area (Å²) < 4.78 is 5.52. The zero-order chi connectivity index (χ0) is 18.5.